The molecule has 1 N–H and O–H groups in total. The highest BCUT2D eigenvalue weighted by Crippen LogP contribution is 2.31. The van der Waals surface area contributed by atoms with Gasteiger partial charge in [-0.2, -0.15) is 0 Å². The molecule has 1 saturated heterocycles. The van der Waals surface area contributed by atoms with Gasteiger partial charge in [-0.15, -0.1) is 0 Å². The third-order valence-electron chi connectivity index (χ3n) is 4.62. The summed E-state index contributed by atoms with van der Waals surface area (Å²) in [5.74, 6) is -0.303. The zero-order valence-corrected chi connectivity index (χ0v) is 13.1. The molecular weight excluding hydrogens is 306 g/mol. The van der Waals surface area contributed by atoms with Crippen LogP contribution in [-0.2, 0) is 11.3 Å². The molecule has 4 rings (SSSR count). The minimum Gasteiger partial charge on any atom is -0.392 e. The van der Waals surface area contributed by atoms with E-state index in [2.05, 4.69) is 4.90 Å². The van der Waals surface area contributed by atoms with Crippen molar-refractivity contribution >= 4 is 17.3 Å². The molecule has 5 nitrogen and oxygen atoms in total. The van der Waals surface area contributed by atoms with Gasteiger partial charge in [0.1, 0.15) is 0 Å². The van der Waals surface area contributed by atoms with Crippen LogP contribution in [0.15, 0.2) is 36.4 Å². The number of carbonyl (C=O) groups is 2. The Morgan fingerprint density at radius 3 is 2.17 bits per heavy atom. The number of fused-ring (bicyclic) bond motifs is 2. The van der Waals surface area contributed by atoms with Gasteiger partial charge in [-0.1, -0.05) is 6.07 Å². The van der Waals surface area contributed by atoms with Crippen molar-refractivity contribution in [3.63, 3.8) is 0 Å². The number of anilines is 1. The van der Waals surface area contributed by atoms with Gasteiger partial charge in [0.2, 0.25) is 0 Å². The molecule has 0 atom stereocenters. The van der Waals surface area contributed by atoms with Gasteiger partial charge in [0, 0.05) is 41.0 Å². The molecule has 1 heterocycles. The zero-order chi connectivity index (χ0) is 16.7. The Balaban J connectivity index is 1.78. The van der Waals surface area contributed by atoms with E-state index in [9.17, 15) is 14.7 Å². The van der Waals surface area contributed by atoms with Crippen molar-refractivity contribution in [2.24, 2.45) is 0 Å². The van der Waals surface area contributed by atoms with Gasteiger partial charge < -0.3 is 14.7 Å². The topological polar surface area (TPSA) is 66.8 Å². The van der Waals surface area contributed by atoms with E-state index in [-0.39, 0.29) is 18.2 Å². The normalized spacial score (nSPS) is 16.8. The van der Waals surface area contributed by atoms with E-state index in [1.807, 2.05) is 12.1 Å². The van der Waals surface area contributed by atoms with Gasteiger partial charge in [-0.3, -0.25) is 9.59 Å². The number of carbonyl (C=O) groups excluding carboxylic acids is 2. The van der Waals surface area contributed by atoms with Crippen LogP contribution in [0.1, 0.15) is 37.4 Å². The molecule has 1 aliphatic heterocycles. The first-order valence-corrected chi connectivity index (χ1v) is 7.99. The molecule has 1 aliphatic carbocycles. The molecule has 0 bridgehead atoms. The molecule has 2 aromatic rings. The number of benzene rings is 2. The Hall–Kier alpha value is -2.50. The lowest BCUT2D eigenvalue weighted by atomic mass is 9.83. The number of ether oxygens (including phenoxy) is 1. The summed E-state index contributed by atoms with van der Waals surface area (Å²) in [6, 6.07) is 10.3. The van der Waals surface area contributed by atoms with E-state index < -0.39 is 0 Å². The monoisotopic (exact) mass is 323 g/mol. The maximum atomic E-state index is 12.8. The molecule has 122 valence electrons. The first-order chi connectivity index (χ1) is 11.7. The average molecular weight is 323 g/mol. The maximum absolute atomic E-state index is 12.8. The predicted molar refractivity (Wildman–Crippen MR) is 88.7 cm³/mol. The second kappa shape index (κ2) is 5.85. The summed E-state index contributed by atoms with van der Waals surface area (Å²) < 4.78 is 5.36. The number of aliphatic hydroxyl groups excluding tert-OH is 1. The van der Waals surface area contributed by atoms with E-state index in [4.69, 9.17) is 4.74 Å². The van der Waals surface area contributed by atoms with Crippen LogP contribution < -0.4 is 4.90 Å². The molecular formula is C19H17NO4. The van der Waals surface area contributed by atoms with E-state index in [1.54, 1.807) is 24.3 Å². The van der Waals surface area contributed by atoms with E-state index in [1.165, 1.54) is 0 Å². The molecule has 0 saturated carbocycles. The highest BCUT2D eigenvalue weighted by atomic mass is 16.5. The first-order valence-electron chi connectivity index (χ1n) is 7.99. The summed E-state index contributed by atoms with van der Waals surface area (Å²) in [5.41, 5.74) is 3.23. The zero-order valence-electron chi connectivity index (χ0n) is 13.1. The minimum atomic E-state index is -0.163. The molecule has 0 unspecified atom stereocenters. The van der Waals surface area contributed by atoms with Gasteiger partial charge in [0.15, 0.2) is 11.6 Å². The number of morpholine rings is 1. The second-order valence-electron chi connectivity index (χ2n) is 6.03. The van der Waals surface area contributed by atoms with E-state index in [0.717, 1.165) is 18.8 Å². The molecule has 24 heavy (non-hydrogen) atoms. The van der Waals surface area contributed by atoms with Crippen LogP contribution in [-0.4, -0.2) is 43.0 Å². The third kappa shape index (κ3) is 2.33. The highest BCUT2D eigenvalue weighted by Gasteiger charge is 2.30. The van der Waals surface area contributed by atoms with Crippen LogP contribution in [0.4, 0.5) is 5.69 Å². The second-order valence-corrected chi connectivity index (χ2v) is 6.03. The number of aliphatic hydroxyl groups is 1. The lowest BCUT2D eigenvalue weighted by molar-refractivity contribution is 0.0979. The lowest BCUT2D eigenvalue weighted by Crippen LogP contribution is -2.36. The van der Waals surface area contributed by atoms with Crippen LogP contribution in [0.2, 0.25) is 0 Å². The maximum Gasteiger partial charge on any atom is 0.194 e. The van der Waals surface area contributed by atoms with Crippen LogP contribution >= 0.6 is 0 Å². The first kappa shape index (κ1) is 15.1. The summed E-state index contributed by atoms with van der Waals surface area (Å²) in [6.07, 6.45) is 0. The Morgan fingerprint density at radius 2 is 1.50 bits per heavy atom. The van der Waals surface area contributed by atoms with Gasteiger partial charge in [-0.05, 0) is 35.9 Å². The van der Waals surface area contributed by atoms with Crippen molar-refractivity contribution in [3.8, 4) is 0 Å². The van der Waals surface area contributed by atoms with Crippen LogP contribution in [0.5, 0.6) is 0 Å². The van der Waals surface area contributed by atoms with Crippen LogP contribution in [0.25, 0.3) is 0 Å². The Kier molecular flexibility index (Phi) is 3.67. The minimum absolute atomic E-state index is 0.140. The number of hydrogen-bond acceptors (Lipinski definition) is 5. The van der Waals surface area contributed by atoms with Crippen molar-refractivity contribution in [3.05, 3.63) is 64.2 Å². The molecule has 2 aromatic carbocycles. The van der Waals surface area contributed by atoms with Gasteiger partial charge in [-0.25, -0.2) is 0 Å². The molecule has 0 radical (unpaired) electrons. The SMILES string of the molecule is O=C1c2ccc(N3CCOCC3)cc2C(=O)c2ccc(CO)cc21. The molecule has 2 aliphatic rings. The van der Waals surface area contributed by atoms with E-state index in [0.29, 0.717) is 41.0 Å². The summed E-state index contributed by atoms with van der Waals surface area (Å²) in [7, 11) is 0. The standard InChI is InChI=1S/C19H17NO4/c21-11-12-1-3-14-16(9-12)18(22)15-4-2-13(10-17(15)19(14)23)20-5-7-24-8-6-20/h1-4,9-10,21H,5-8,11H2. The quantitative estimate of drug-likeness (QED) is 0.779. The van der Waals surface area contributed by atoms with Crippen LogP contribution in [0, 0.1) is 0 Å². The fourth-order valence-electron chi connectivity index (χ4n) is 3.30. The molecule has 0 aromatic heterocycles. The van der Waals surface area contributed by atoms with Gasteiger partial charge >= 0.3 is 0 Å². The lowest BCUT2D eigenvalue weighted by Gasteiger charge is -2.30. The number of hydrogen-bond donors (Lipinski definition) is 1. The van der Waals surface area contributed by atoms with Crippen molar-refractivity contribution in [1.29, 1.82) is 0 Å². The average Bonchev–Trinajstić information content (AvgIpc) is 2.66. The highest BCUT2D eigenvalue weighted by molar-refractivity contribution is 6.28. The van der Waals surface area contributed by atoms with Crippen molar-refractivity contribution in [1.82, 2.24) is 0 Å². The molecule has 0 amide bonds. The third-order valence-corrected chi connectivity index (χ3v) is 4.62. The summed E-state index contributed by atoms with van der Waals surface area (Å²) in [4.78, 5) is 27.7. The summed E-state index contributed by atoms with van der Waals surface area (Å²) in [5, 5.41) is 9.26. The van der Waals surface area contributed by atoms with Gasteiger partial charge in [0.05, 0.1) is 19.8 Å². The smallest absolute Gasteiger partial charge is 0.194 e. The predicted octanol–water partition coefficient (Wildman–Crippen LogP) is 1.79. The molecule has 0 spiro atoms. The van der Waals surface area contributed by atoms with E-state index >= 15 is 0 Å². The Morgan fingerprint density at radius 1 is 0.875 bits per heavy atom. The van der Waals surface area contributed by atoms with Gasteiger partial charge in [0.25, 0.3) is 0 Å². The van der Waals surface area contributed by atoms with Crippen molar-refractivity contribution in [2.45, 2.75) is 6.61 Å². The largest absolute Gasteiger partial charge is 0.392 e. The number of rotatable bonds is 2. The Bertz CT molecular complexity index is 837. The Labute approximate surface area is 139 Å². The summed E-state index contributed by atoms with van der Waals surface area (Å²) in [6.45, 7) is 2.72. The van der Waals surface area contributed by atoms with Crippen molar-refractivity contribution in [2.75, 3.05) is 31.2 Å². The summed E-state index contributed by atoms with van der Waals surface area (Å²) >= 11 is 0. The molecule has 1 fully saturated rings. The molecule has 5 heteroatoms. The fourth-order valence-corrected chi connectivity index (χ4v) is 3.30. The number of ketones is 2. The fraction of sp³-hybridized carbons (Fsp3) is 0.263. The van der Waals surface area contributed by atoms with Crippen LogP contribution in [0.3, 0.4) is 0 Å². The van der Waals surface area contributed by atoms with Crippen molar-refractivity contribution < 1.29 is 19.4 Å². The number of nitrogens with zero attached hydrogens (tertiary/aromatic N) is 1.